The summed E-state index contributed by atoms with van der Waals surface area (Å²) in [5.41, 5.74) is 0.980. The summed E-state index contributed by atoms with van der Waals surface area (Å²) in [5, 5.41) is 4.66. The minimum Gasteiger partial charge on any atom is -0.272 e. The molecule has 1 aromatic carbocycles. The number of nitrogens with zero attached hydrogens (tertiary/aromatic N) is 2. The quantitative estimate of drug-likeness (QED) is 0.821. The molecule has 0 N–H and O–H groups in total. The van der Waals surface area contributed by atoms with E-state index in [-0.39, 0.29) is 5.91 Å². The molecule has 1 aliphatic heterocycles. The lowest BCUT2D eigenvalue weighted by molar-refractivity contribution is -0.117. The number of hydrogen-bond acceptors (Lipinski definition) is 2. The molecule has 17 heavy (non-hydrogen) atoms. The normalized spacial score (nSPS) is 16.8. The lowest BCUT2D eigenvalue weighted by Crippen LogP contribution is -2.06. The van der Waals surface area contributed by atoms with E-state index >= 15 is 0 Å². The molecule has 0 aliphatic carbocycles. The number of rotatable bonds is 3. The Balaban J connectivity index is 1.93. The Kier molecular flexibility index (Phi) is 3.98. The third kappa shape index (κ3) is 3.46. The van der Waals surface area contributed by atoms with E-state index in [1.54, 1.807) is 6.20 Å². The van der Waals surface area contributed by atoms with Crippen LogP contribution in [0.15, 0.2) is 46.4 Å². The zero-order chi connectivity index (χ0) is 12.1. The highest BCUT2D eigenvalue weighted by molar-refractivity contribution is 8.17. The van der Waals surface area contributed by atoms with Crippen LogP contribution in [0, 0.1) is 0 Å². The van der Waals surface area contributed by atoms with E-state index < -0.39 is 0 Å². The topological polar surface area (TPSA) is 43.5 Å². The summed E-state index contributed by atoms with van der Waals surface area (Å²) in [6, 6.07) is 9.61. The number of amidine groups is 1. The van der Waals surface area contributed by atoms with Gasteiger partial charge in [-0.1, -0.05) is 49.0 Å². The van der Waals surface area contributed by atoms with Crippen LogP contribution in [0.5, 0.6) is 0 Å². The van der Waals surface area contributed by atoms with Crippen LogP contribution in [-0.2, 0) is 11.2 Å². The highest BCUT2D eigenvalue weighted by Crippen LogP contribution is 2.25. The Labute approximate surface area is 105 Å². The molecule has 2 rings (SSSR count). The van der Waals surface area contributed by atoms with Crippen LogP contribution >= 0.6 is 11.8 Å². The van der Waals surface area contributed by atoms with Crippen molar-refractivity contribution in [1.82, 2.24) is 5.32 Å². The van der Waals surface area contributed by atoms with Crippen molar-refractivity contribution in [2.45, 2.75) is 19.8 Å². The minimum atomic E-state index is -0.145. The molecule has 0 fully saturated rings. The molecule has 0 saturated heterocycles. The van der Waals surface area contributed by atoms with Gasteiger partial charge >= 0.3 is 0 Å². The van der Waals surface area contributed by atoms with Crippen LogP contribution < -0.4 is 5.32 Å². The maximum Gasteiger partial charge on any atom is 0.252 e. The molecule has 1 radical (unpaired) electrons. The highest BCUT2D eigenvalue weighted by atomic mass is 32.2. The van der Waals surface area contributed by atoms with Crippen molar-refractivity contribution in [3.05, 3.63) is 47.0 Å². The molecule has 0 aromatic heterocycles. The van der Waals surface area contributed by atoms with Crippen LogP contribution in [0.4, 0.5) is 0 Å². The van der Waals surface area contributed by atoms with Gasteiger partial charge in [0.15, 0.2) is 5.17 Å². The van der Waals surface area contributed by atoms with Crippen LogP contribution in [0.2, 0.25) is 0 Å². The van der Waals surface area contributed by atoms with Crippen molar-refractivity contribution in [3.8, 4) is 0 Å². The number of benzene rings is 1. The first-order valence-electron chi connectivity index (χ1n) is 5.51. The molecular weight excluding hydrogens is 232 g/mol. The molecule has 0 spiro atoms. The fourth-order valence-corrected chi connectivity index (χ4v) is 2.17. The van der Waals surface area contributed by atoms with Gasteiger partial charge in [0.1, 0.15) is 0 Å². The first-order valence-corrected chi connectivity index (χ1v) is 6.33. The van der Waals surface area contributed by atoms with Gasteiger partial charge in [0, 0.05) is 11.1 Å². The van der Waals surface area contributed by atoms with Crippen molar-refractivity contribution in [3.63, 3.8) is 0 Å². The van der Waals surface area contributed by atoms with Crippen molar-refractivity contribution in [2.24, 2.45) is 4.99 Å². The van der Waals surface area contributed by atoms with Crippen LogP contribution in [0.1, 0.15) is 18.9 Å². The Bertz CT molecular complexity index is 466. The van der Waals surface area contributed by atoms with Gasteiger partial charge in [-0.2, -0.15) is 4.99 Å². The molecular formula is C13H13N2OS. The Morgan fingerprint density at radius 2 is 2.12 bits per heavy atom. The Hall–Kier alpha value is -1.55. The fraction of sp³-hybridized carbons (Fsp3) is 0.231. The SMILES string of the molecule is CCC1=C[N]C(=NC(=O)Cc2ccccc2)S1. The number of carbonyl (C=O) groups excluding carboxylic acids is 1. The van der Waals surface area contributed by atoms with Crippen LogP contribution in [-0.4, -0.2) is 11.1 Å². The predicted octanol–water partition coefficient (Wildman–Crippen LogP) is 2.71. The van der Waals surface area contributed by atoms with Crippen molar-refractivity contribution in [1.29, 1.82) is 0 Å². The summed E-state index contributed by atoms with van der Waals surface area (Å²) < 4.78 is 0. The molecule has 0 bridgehead atoms. The van der Waals surface area contributed by atoms with Gasteiger partial charge in [-0.25, -0.2) is 5.32 Å². The molecule has 4 heteroatoms. The first-order chi connectivity index (χ1) is 8.28. The second kappa shape index (κ2) is 5.68. The van der Waals surface area contributed by atoms with Gasteiger partial charge in [-0.3, -0.25) is 4.79 Å². The summed E-state index contributed by atoms with van der Waals surface area (Å²) in [4.78, 5) is 16.8. The smallest absolute Gasteiger partial charge is 0.252 e. The van der Waals surface area contributed by atoms with E-state index in [4.69, 9.17) is 0 Å². The second-order valence-corrected chi connectivity index (χ2v) is 4.72. The van der Waals surface area contributed by atoms with E-state index in [0.717, 1.165) is 16.9 Å². The van der Waals surface area contributed by atoms with E-state index in [1.807, 2.05) is 30.3 Å². The molecule has 3 nitrogen and oxygen atoms in total. The first kappa shape index (κ1) is 11.9. The lowest BCUT2D eigenvalue weighted by Gasteiger charge is -1.97. The lowest BCUT2D eigenvalue weighted by atomic mass is 10.1. The second-order valence-electron chi connectivity index (χ2n) is 3.63. The highest BCUT2D eigenvalue weighted by Gasteiger charge is 2.13. The van der Waals surface area contributed by atoms with Gasteiger partial charge in [-0.05, 0) is 12.0 Å². The van der Waals surface area contributed by atoms with Gasteiger partial charge in [0.25, 0.3) is 5.91 Å². The van der Waals surface area contributed by atoms with E-state index in [1.165, 1.54) is 11.8 Å². The van der Waals surface area contributed by atoms with Crippen molar-refractivity contribution < 1.29 is 4.79 Å². The molecule has 1 aromatic rings. The van der Waals surface area contributed by atoms with Gasteiger partial charge < -0.3 is 0 Å². The number of hydrogen-bond donors (Lipinski definition) is 0. The molecule has 0 unspecified atom stereocenters. The molecule has 87 valence electrons. The minimum absolute atomic E-state index is 0.145. The van der Waals surface area contributed by atoms with E-state index in [0.29, 0.717) is 11.6 Å². The van der Waals surface area contributed by atoms with Crippen molar-refractivity contribution >= 4 is 22.8 Å². The summed E-state index contributed by atoms with van der Waals surface area (Å²) in [7, 11) is 0. The molecule has 0 atom stereocenters. The number of allylic oxidation sites excluding steroid dienone is 1. The average molecular weight is 245 g/mol. The Morgan fingerprint density at radius 3 is 2.76 bits per heavy atom. The molecule has 0 saturated carbocycles. The van der Waals surface area contributed by atoms with Crippen LogP contribution in [0.25, 0.3) is 0 Å². The zero-order valence-corrected chi connectivity index (χ0v) is 10.4. The number of carbonyl (C=O) groups is 1. The van der Waals surface area contributed by atoms with Gasteiger partial charge in [-0.15, -0.1) is 0 Å². The number of amides is 1. The largest absolute Gasteiger partial charge is 0.272 e. The third-order valence-electron chi connectivity index (χ3n) is 2.31. The fourth-order valence-electron chi connectivity index (χ4n) is 1.43. The third-order valence-corrected chi connectivity index (χ3v) is 3.34. The van der Waals surface area contributed by atoms with Gasteiger partial charge in [0.05, 0.1) is 6.42 Å². The number of thioether (sulfide) groups is 1. The standard InChI is InChI=1S/C13H13N2OS/c1-2-11-9-14-13(17-11)15-12(16)8-10-6-4-3-5-7-10/h3-7,9H,2,8H2,1H3. The summed E-state index contributed by atoms with van der Waals surface area (Å²) in [6.45, 7) is 2.06. The number of aliphatic imine (C=N–C) groups is 1. The van der Waals surface area contributed by atoms with Gasteiger partial charge in [0.2, 0.25) is 0 Å². The summed E-state index contributed by atoms with van der Waals surface area (Å²) >= 11 is 1.47. The zero-order valence-electron chi connectivity index (χ0n) is 9.59. The van der Waals surface area contributed by atoms with E-state index in [2.05, 4.69) is 17.2 Å². The summed E-state index contributed by atoms with van der Waals surface area (Å²) in [5.74, 6) is -0.145. The summed E-state index contributed by atoms with van der Waals surface area (Å²) in [6.07, 6.45) is 3.04. The Morgan fingerprint density at radius 1 is 1.35 bits per heavy atom. The maximum atomic E-state index is 11.7. The molecule has 1 amide bonds. The van der Waals surface area contributed by atoms with Crippen LogP contribution in [0.3, 0.4) is 0 Å². The van der Waals surface area contributed by atoms with E-state index in [9.17, 15) is 4.79 Å². The average Bonchev–Trinajstić information content (AvgIpc) is 2.78. The predicted molar refractivity (Wildman–Crippen MR) is 70.7 cm³/mol. The monoisotopic (exact) mass is 245 g/mol. The molecule has 1 aliphatic rings. The molecule has 1 heterocycles. The van der Waals surface area contributed by atoms with Crippen molar-refractivity contribution in [2.75, 3.05) is 0 Å². The maximum absolute atomic E-state index is 11.7.